The Kier molecular flexibility index (Phi) is 4.58. The van der Waals surface area contributed by atoms with E-state index in [0.29, 0.717) is 0 Å². The van der Waals surface area contributed by atoms with E-state index in [9.17, 15) is 0 Å². The maximum atomic E-state index is 5.95. The Morgan fingerprint density at radius 3 is 1.86 bits per heavy atom. The van der Waals surface area contributed by atoms with Gasteiger partial charge >= 0.3 is 0 Å². The summed E-state index contributed by atoms with van der Waals surface area (Å²) in [6.45, 7) is 3.98. The molecule has 0 spiro atoms. The molecule has 1 unspecified atom stereocenters. The van der Waals surface area contributed by atoms with Crippen LogP contribution in [0.5, 0.6) is 0 Å². The average Bonchev–Trinajstić information content (AvgIpc) is 1.75. The van der Waals surface area contributed by atoms with Crippen molar-refractivity contribution in [2.24, 2.45) is 13.5 Å². The van der Waals surface area contributed by atoms with Crippen LogP contribution < -0.4 is 0 Å². The Bertz CT molecular complexity index is 383. The van der Waals surface area contributed by atoms with Gasteiger partial charge in [-0.15, -0.1) is 0 Å². The lowest BCUT2D eigenvalue weighted by molar-refractivity contribution is 1.09. The van der Waals surface area contributed by atoms with Gasteiger partial charge in [0.15, 0.2) is 0 Å². The highest BCUT2D eigenvalue weighted by molar-refractivity contribution is 8.21. The summed E-state index contributed by atoms with van der Waals surface area (Å²) >= 11 is 23.8. The highest BCUT2D eigenvalue weighted by Crippen LogP contribution is 2.84. The molecular formula is C4H10Cl4N3P3. The topological polar surface area (TPSA) is 37.1 Å². The predicted octanol–water partition coefficient (Wildman–Crippen LogP) is 7.00. The molecule has 0 amide bonds. The van der Waals surface area contributed by atoms with Crippen molar-refractivity contribution in [1.29, 1.82) is 0 Å². The summed E-state index contributed by atoms with van der Waals surface area (Å²) in [7, 11) is -1.88. The summed E-state index contributed by atoms with van der Waals surface area (Å²) in [5.41, 5.74) is 0. The lowest BCUT2D eigenvalue weighted by Crippen LogP contribution is -1.84. The summed E-state index contributed by atoms with van der Waals surface area (Å²) in [5, 5.41) is 0. The number of nitrogens with zero attached hydrogens (tertiary/aromatic N) is 3. The van der Waals surface area contributed by atoms with Gasteiger partial charge in [-0.05, 0) is 58.0 Å². The largest absolute Gasteiger partial charge is 0.255 e. The summed E-state index contributed by atoms with van der Waals surface area (Å²) in [6.07, 6.45) is 1.80. The Morgan fingerprint density at radius 2 is 1.43 bits per heavy atom. The average molecular weight is 335 g/mol. The monoisotopic (exact) mass is 333 g/mol. The van der Waals surface area contributed by atoms with Crippen molar-refractivity contribution in [2.45, 2.75) is 13.3 Å². The van der Waals surface area contributed by atoms with Crippen LogP contribution in [-0.2, 0) is 0 Å². The van der Waals surface area contributed by atoms with Gasteiger partial charge in [-0.25, -0.2) is 9.03 Å². The highest BCUT2D eigenvalue weighted by atomic mass is 35.9. The van der Waals surface area contributed by atoms with Crippen LogP contribution in [-0.4, -0.2) is 12.8 Å². The minimum absolute atomic E-state index is 0.838. The SMILES string of the molecule is CCCP1(C)=NP(Cl)(Cl)=NP(Cl)(Cl)=N1. The van der Waals surface area contributed by atoms with Crippen molar-refractivity contribution in [1.82, 2.24) is 0 Å². The molecule has 0 aliphatic carbocycles. The number of halogens is 4. The van der Waals surface area contributed by atoms with Crippen LogP contribution in [0, 0.1) is 0 Å². The summed E-state index contributed by atoms with van der Waals surface area (Å²) in [4.78, 5) is 0. The lowest BCUT2D eigenvalue weighted by atomic mass is 10.6. The third-order valence-corrected chi connectivity index (χ3v) is 14.2. The maximum absolute atomic E-state index is 5.95. The first kappa shape index (κ1) is 13.9. The van der Waals surface area contributed by atoms with E-state index in [4.69, 9.17) is 45.0 Å². The molecule has 0 aromatic rings. The molecule has 0 aromatic heterocycles. The molecule has 0 radical (unpaired) electrons. The van der Waals surface area contributed by atoms with Gasteiger partial charge in [0.2, 0.25) is 0 Å². The van der Waals surface area contributed by atoms with Crippen LogP contribution in [0.25, 0.3) is 0 Å². The van der Waals surface area contributed by atoms with E-state index < -0.39 is 19.0 Å². The lowest BCUT2D eigenvalue weighted by Gasteiger charge is -2.23. The van der Waals surface area contributed by atoms with E-state index in [1.165, 1.54) is 0 Å². The summed E-state index contributed by atoms with van der Waals surface area (Å²) in [6, 6.07) is 0. The van der Waals surface area contributed by atoms with Crippen LogP contribution in [0.15, 0.2) is 13.5 Å². The van der Waals surface area contributed by atoms with Gasteiger partial charge in [0.1, 0.15) is 0 Å². The molecule has 0 N–H and O–H groups in total. The van der Waals surface area contributed by atoms with Gasteiger partial charge in [0, 0.05) is 6.16 Å². The first-order valence-corrected chi connectivity index (χ1v) is 13.2. The van der Waals surface area contributed by atoms with Crippen LogP contribution in [0.3, 0.4) is 0 Å². The Morgan fingerprint density at radius 1 is 0.929 bits per heavy atom. The molecule has 1 rings (SSSR count). The molecule has 0 bridgehead atoms. The molecule has 1 heterocycles. The Hall–Kier alpha value is 1.85. The first-order chi connectivity index (χ1) is 6.18. The van der Waals surface area contributed by atoms with E-state index in [1.807, 2.05) is 13.6 Å². The zero-order chi connectivity index (χ0) is 11.0. The molecule has 1 atom stereocenters. The van der Waals surface area contributed by atoms with Crippen LogP contribution in [0.2, 0.25) is 0 Å². The molecule has 0 aromatic carbocycles. The highest BCUT2D eigenvalue weighted by Gasteiger charge is 2.29. The summed E-state index contributed by atoms with van der Waals surface area (Å²) in [5.74, 6) is -5.35. The molecule has 84 valence electrons. The van der Waals surface area contributed by atoms with Crippen molar-refractivity contribution in [2.75, 3.05) is 12.8 Å². The summed E-state index contributed by atoms with van der Waals surface area (Å²) < 4.78 is 12.5. The standard InChI is InChI=1S/C4H10Cl4N3P3/c1-3-4-12(2)9-13(5,6)11-14(7,8)10-12/h3-4H2,1-2H3. The second-order valence-corrected chi connectivity index (χ2v) is 16.3. The molecule has 14 heavy (non-hydrogen) atoms. The second kappa shape index (κ2) is 4.61. The van der Waals surface area contributed by atoms with E-state index in [1.54, 1.807) is 0 Å². The van der Waals surface area contributed by atoms with Crippen LogP contribution in [0.4, 0.5) is 0 Å². The van der Waals surface area contributed by atoms with E-state index >= 15 is 0 Å². The number of rotatable bonds is 2. The van der Waals surface area contributed by atoms with Gasteiger partial charge in [0.05, 0.1) is 7.21 Å². The van der Waals surface area contributed by atoms with Gasteiger partial charge < -0.3 is 0 Å². The molecule has 1 aliphatic rings. The molecule has 1 aliphatic heterocycles. The van der Waals surface area contributed by atoms with Crippen molar-refractivity contribution in [3.05, 3.63) is 0 Å². The van der Waals surface area contributed by atoms with Gasteiger partial charge in [-0.2, -0.15) is 4.52 Å². The first-order valence-electron chi connectivity index (χ1n) is 3.85. The van der Waals surface area contributed by atoms with Crippen molar-refractivity contribution < 1.29 is 0 Å². The van der Waals surface area contributed by atoms with E-state index in [2.05, 4.69) is 13.5 Å². The van der Waals surface area contributed by atoms with Crippen LogP contribution in [0.1, 0.15) is 13.3 Å². The van der Waals surface area contributed by atoms with Crippen molar-refractivity contribution in [3.63, 3.8) is 0 Å². The van der Waals surface area contributed by atoms with Crippen molar-refractivity contribution in [3.8, 4) is 0 Å². The molecule has 10 heteroatoms. The number of hydrogen-bond donors (Lipinski definition) is 0. The fourth-order valence-electron chi connectivity index (χ4n) is 1.16. The van der Waals surface area contributed by atoms with E-state index in [-0.39, 0.29) is 0 Å². The third-order valence-electron chi connectivity index (χ3n) is 1.46. The van der Waals surface area contributed by atoms with Gasteiger partial charge in [0.25, 0.3) is 11.8 Å². The van der Waals surface area contributed by atoms with E-state index in [0.717, 1.165) is 12.6 Å². The maximum Gasteiger partial charge on any atom is 0.255 e. The normalized spacial score (nSPS) is 33.9. The zero-order valence-electron chi connectivity index (χ0n) is 7.61. The zero-order valence-corrected chi connectivity index (χ0v) is 13.3. The molecule has 0 saturated carbocycles. The molecule has 0 saturated heterocycles. The second-order valence-electron chi connectivity index (χ2n) is 2.99. The quantitative estimate of drug-likeness (QED) is 0.487. The minimum atomic E-state index is -2.67. The fourth-order valence-corrected chi connectivity index (χ4v) is 18.9. The Balaban J connectivity index is 3.33. The number of hydrogen-bond acceptors (Lipinski definition) is 3. The predicted molar refractivity (Wildman–Crippen MR) is 72.5 cm³/mol. The molecule has 3 nitrogen and oxygen atoms in total. The van der Waals surface area contributed by atoms with Crippen LogP contribution >= 0.6 is 64.0 Å². The third kappa shape index (κ3) is 4.02. The minimum Gasteiger partial charge on any atom is -0.213 e. The van der Waals surface area contributed by atoms with Crippen molar-refractivity contribution >= 4 is 64.0 Å². The molecular weight excluding hydrogens is 325 g/mol. The van der Waals surface area contributed by atoms with Gasteiger partial charge in [-0.3, -0.25) is 0 Å². The fraction of sp³-hybridized carbons (Fsp3) is 1.00. The molecule has 0 fully saturated rings. The Labute approximate surface area is 103 Å². The van der Waals surface area contributed by atoms with Gasteiger partial charge in [-0.1, -0.05) is 6.92 Å². The smallest absolute Gasteiger partial charge is 0.213 e.